The van der Waals surface area contributed by atoms with E-state index in [0.29, 0.717) is 0 Å². The molecule has 2 aromatic rings. The molecule has 1 aromatic heterocycles. The van der Waals surface area contributed by atoms with Crippen molar-refractivity contribution in [1.82, 2.24) is 9.88 Å². The molecule has 1 amide bonds. The van der Waals surface area contributed by atoms with Gasteiger partial charge in [0.2, 0.25) is 0 Å². The molecule has 0 aliphatic carbocycles. The highest BCUT2D eigenvalue weighted by atomic mass is 35.5. The highest BCUT2D eigenvalue weighted by molar-refractivity contribution is 7.98. The van der Waals surface area contributed by atoms with E-state index in [-0.39, 0.29) is 36.8 Å². The Morgan fingerprint density at radius 3 is 2.48 bits per heavy atom. The molecule has 1 aliphatic rings. The second-order valence-corrected chi connectivity index (χ2v) is 7.91. The summed E-state index contributed by atoms with van der Waals surface area (Å²) in [4.78, 5) is 20.0. The quantitative estimate of drug-likeness (QED) is 0.755. The Morgan fingerprint density at radius 1 is 1.28 bits per heavy atom. The predicted octanol–water partition coefficient (Wildman–Crippen LogP) is 4.15. The van der Waals surface area contributed by atoms with Crippen LogP contribution in [0.2, 0.25) is 0 Å². The van der Waals surface area contributed by atoms with Gasteiger partial charge < -0.3 is 10.6 Å². The van der Waals surface area contributed by atoms with Crippen molar-refractivity contribution in [3.8, 4) is 0 Å². The topological polar surface area (TPSA) is 59.2 Å². The molecule has 2 heterocycles. The van der Waals surface area contributed by atoms with Crippen molar-refractivity contribution in [3.63, 3.8) is 0 Å². The van der Waals surface area contributed by atoms with Crippen LogP contribution in [0, 0.1) is 6.92 Å². The molecule has 0 radical (unpaired) electrons. The second kappa shape index (κ2) is 10.4. The summed E-state index contributed by atoms with van der Waals surface area (Å²) in [6.45, 7) is 3.55. The van der Waals surface area contributed by atoms with Gasteiger partial charge in [0.1, 0.15) is 0 Å². The molecule has 1 saturated heterocycles. The normalized spacial score (nSPS) is 14.6. The van der Waals surface area contributed by atoms with E-state index in [4.69, 9.17) is 5.73 Å². The zero-order valence-electron chi connectivity index (χ0n) is 14.0. The summed E-state index contributed by atoms with van der Waals surface area (Å²) in [7, 11) is 0. The van der Waals surface area contributed by atoms with Gasteiger partial charge >= 0.3 is 0 Å². The first-order chi connectivity index (χ1) is 11.1. The number of aromatic nitrogens is 1. The minimum Gasteiger partial charge on any atom is -0.339 e. The van der Waals surface area contributed by atoms with E-state index >= 15 is 0 Å². The number of piperidine rings is 1. The maximum Gasteiger partial charge on any atom is 0.253 e. The fourth-order valence-corrected chi connectivity index (χ4v) is 4.12. The fraction of sp³-hybridized carbons (Fsp3) is 0.412. The van der Waals surface area contributed by atoms with Crippen LogP contribution in [0.15, 0.2) is 34.5 Å². The van der Waals surface area contributed by atoms with E-state index in [1.54, 1.807) is 23.1 Å². The van der Waals surface area contributed by atoms with Gasteiger partial charge in [0, 0.05) is 40.7 Å². The molecule has 8 heteroatoms. The number of thiazole rings is 1. The van der Waals surface area contributed by atoms with Crippen LogP contribution < -0.4 is 5.73 Å². The SMILES string of the molecule is Cc1nc(CSc2ccc(C(=O)N3CCC(N)CC3)cc2)cs1.Cl.Cl. The maximum absolute atomic E-state index is 12.5. The summed E-state index contributed by atoms with van der Waals surface area (Å²) >= 11 is 3.42. The number of amides is 1. The zero-order chi connectivity index (χ0) is 16.2. The highest BCUT2D eigenvalue weighted by Crippen LogP contribution is 2.24. The minimum absolute atomic E-state index is 0. The van der Waals surface area contributed by atoms with Crippen molar-refractivity contribution in [2.24, 2.45) is 5.73 Å². The van der Waals surface area contributed by atoms with Crippen LogP contribution in [0.5, 0.6) is 0 Å². The van der Waals surface area contributed by atoms with Gasteiger partial charge in [0.15, 0.2) is 0 Å². The van der Waals surface area contributed by atoms with Gasteiger partial charge in [-0.2, -0.15) is 0 Å². The number of benzene rings is 1. The smallest absolute Gasteiger partial charge is 0.253 e. The Labute approximate surface area is 169 Å². The average Bonchev–Trinajstić information content (AvgIpc) is 2.99. The van der Waals surface area contributed by atoms with Crippen LogP contribution >= 0.6 is 47.9 Å². The summed E-state index contributed by atoms with van der Waals surface area (Å²) in [6.07, 6.45) is 1.79. The van der Waals surface area contributed by atoms with Crippen LogP contribution in [0.4, 0.5) is 0 Å². The van der Waals surface area contributed by atoms with Crippen molar-refractivity contribution in [2.75, 3.05) is 13.1 Å². The van der Waals surface area contributed by atoms with E-state index in [9.17, 15) is 4.79 Å². The molecule has 4 nitrogen and oxygen atoms in total. The van der Waals surface area contributed by atoms with Crippen molar-refractivity contribution < 1.29 is 4.79 Å². The van der Waals surface area contributed by atoms with Crippen molar-refractivity contribution in [2.45, 2.75) is 36.5 Å². The molecule has 1 fully saturated rings. The zero-order valence-corrected chi connectivity index (χ0v) is 17.3. The van der Waals surface area contributed by atoms with Crippen molar-refractivity contribution in [1.29, 1.82) is 0 Å². The van der Waals surface area contributed by atoms with Gasteiger partial charge in [-0.3, -0.25) is 4.79 Å². The number of rotatable bonds is 4. The van der Waals surface area contributed by atoms with Crippen LogP contribution in [-0.2, 0) is 5.75 Å². The molecule has 0 saturated carbocycles. The van der Waals surface area contributed by atoms with E-state index in [0.717, 1.165) is 52.8 Å². The largest absolute Gasteiger partial charge is 0.339 e. The summed E-state index contributed by atoms with van der Waals surface area (Å²) in [5, 5.41) is 3.20. The lowest BCUT2D eigenvalue weighted by Crippen LogP contribution is -2.42. The number of nitrogens with zero attached hydrogens (tertiary/aromatic N) is 2. The Bertz CT molecular complexity index is 671. The maximum atomic E-state index is 12.5. The first-order valence-electron chi connectivity index (χ1n) is 7.80. The number of thioether (sulfide) groups is 1. The minimum atomic E-state index is 0. The molecule has 0 unspecified atom stereocenters. The highest BCUT2D eigenvalue weighted by Gasteiger charge is 2.21. The van der Waals surface area contributed by atoms with Gasteiger partial charge in [-0.1, -0.05) is 0 Å². The number of aryl methyl sites for hydroxylation is 1. The molecule has 2 N–H and O–H groups in total. The molecule has 138 valence electrons. The average molecular weight is 420 g/mol. The fourth-order valence-electron chi connectivity index (χ4n) is 2.61. The van der Waals surface area contributed by atoms with Crippen LogP contribution in [0.1, 0.15) is 33.9 Å². The van der Waals surface area contributed by atoms with Crippen LogP contribution in [0.25, 0.3) is 0 Å². The Kier molecular flexibility index (Phi) is 9.24. The van der Waals surface area contributed by atoms with Crippen LogP contribution in [-0.4, -0.2) is 34.9 Å². The Morgan fingerprint density at radius 2 is 1.92 bits per heavy atom. The van der Waals surface area contributed by atoms with Crippen molar-refractivity contribution in [3.05, 3.63) is 45.9 Å². The van der Waals surface area contributed by atoms with Gasteiger partial charge in [0.05, 0.1) is 10.7 Å². The Balaban J connectivity index is 0.00000156. The Hall–Kier alpha value is -0.790. The number of hydrogen-bond acceptors (Lipinski definition) is 5. The second-order valence-electron chi connectivity index (χ2n) is 5.80. The lowest BCUT2D eigenvalue weighted by Gasteiger charge is -2.30. The lowest BCUT2D eigenvalue weighted by atomic mass is 10.1. The molecule has 0 atom stereocenters. The van der Waals surface area contributed by atoms with E-state index < -0.39 is 0 Å². The molecule has 0 spiro atoms. The van der Waals surface area contributed by atoms with Gasteiger partial charge in [-0.15, -0.1) is 47.9 Å². The molecule has 1 aliphatic heterocycles. The van der Waals surface area contributed by atoms with Crippen molar-refractivity contribution >= 4 is 53.8 Å². The molecular weight excluding hydrogens is 397 g/mol. The molecule has 0 bridgehead atoms. The number of carbonyl (C=O) groups is 1. The number of nitrogens with two attached hydrogens (primary N) is 1. The molecule has 3 rings (SSSR count). The number of halogens is 2. The molecule has 1 aromatic carbocycles. The van der Waals surface area contributed by atoms with Gasteiger partial charge in [-0.05, 0) is 44.0 Å². The standard InChI is InChI=1S/C17H21N3OS2.2ClH/c1-12-19-15(10-22-12)11-23-16-4-2-13(3-5-16)17(21)20-8-6-14(18)7-9-20;;/h2-5,10,14H,6-9,11,18H2,1H3;2*1H. The van der Waals surface area contributed by atoms with E-state index in [2.05, 4.69) is 10.4 Å². The third-order valence-electron chi connectivity index (χ3n) is 3.98. The summed E-state index contributed by atoms with van der Waals surface area (Å²) in [5.41, 5.74) is 7.77. The van der Waals surface area contributed by atoms with E-state index in [1.807, 2.05) is 36.1 Å². The number of likely N-dealkylation sites (tertiary alicyclic amines) is 1. The molecular formula is C17H23Cl2N3OS2. The first kappa shape index (κ1) is 22.3. The summed E-state index contributed by atoms with van der Waals surface area (Å²) in [6, 6.07) is 8.13. The van der Waals surface area contributed by atoms with Gasteiger partial charge in [0.25, 0.3) is 5.91 Å². The molecule has 25 heavy (non-hydrogen) atoms. The van der Waals surface area contributed by atoms with Gasteiger partial charge in [-0.25, -0.2) is 4.98 Å². The van der Waals surface area contributed by atoms with Crippen LogP contribution in [0.3, 0.4) is 0 Å². The third-order valence-corrected chi connectivity index (χ3v) is 5.85. The predicted molar refractivity (Wildman–Crippen MR) is 110 cm³/mol. The summed E-state index contributed by atoms with van der Waals surface area (Å²) in [5.74, 6) is 0.977. The number of hydrogen-bond donors (Lipinski definition) is 1. The monoisotopic (exact) mass is 419 g/mol. The first-order valence-corrected chi connectivity index (χ1v) is 9.67. The van der Waals surface area contributed by atoms with E-state index in [1.165, 1.54) is 0 Å². The lowest BCUT2D eigenvalue weighted by molar-refractivity contribution is 0.0714. The summed E-state index contributed by atoms with van der Waals surface area (Å²) < 4.78 is 0. The number of carbonyl (C=O) groups excluding carboxylic acids is 1. The third kappa shape index (κ3) is 6.15.